The van der Waals surface area contributed by atoms with Crippen molar-refractivity contribution in [2.45, 2.75) is 71.5 Å². The highest BCUT2D eigenvalue weighted by molar-refractivity contribution is 6.65. The first-order valence-electron chi connectivity index (χ1n) is 5.42. The Kier molecular flexibility index (Phi) is 4.23. The van der Waals surface area contributed by atoms with E-state index < -0.39 is 0 Å². The Morgan fingerprint density at radius 1 is 0.846 bits per heavy atom. The minimum atomic E-state index is -0.275. The molecule has 0 amide bonds. The van der Waals surface area contributed by atoms with Crippen LogP contribution < -0.4 is 0 Å². The van der Waals surface area contributed by atoms with E-state index in [1.807, 2.05) is 0 Å². The molecule has 0 aromatic heterocycles. The summed E-state index contributed by atoms with van der Waals surface area (Å²) in [4.78, 5) is 0. The van der Waals surface area contributed by atoms with Gasteiger partial charge in [0.05, 0.1) is 8.80 Å². The van der Waals surface area contributed by atoms with Crippen LogP contribution in [-0.2, 0) is 0 Å². The van der Waals surface area contributed by atoms with Crippen molar-refractivity contribution in [3.8, 4) is 0 Å². The van der Waals surface area contributed by atoms with Gasteiger partial charge < -0.3 is 0 Å². The fourth-order valence-corrected chi connectivity index (χ4v) is 6.44. The predicted octanol–water partition coefficient (Wildman–Crippen LogP) is 4.74. The van der Waals surface area contributed by atoms with Crippen LogP contribution in [0.15, 0.2) is 0 Å². The quantitative estimate of drug-likeness (QED) is 0.564. The summed E-state index contributed by atoms with van der Waals surface area (Å²) in [6.07, 6.45) is 0. The van der Waals surface area contributed by atoms with E-state index in [0.29, 0.717) is 10.1 Å². The molecule has 0 nitrogen and oxygen atoms in total. The SMILES string of the molecule is CC(C)C[Si](C(C)(C)C)C(C)(C)C. The third kappa shape index (κ3) is 4.85. The van der Waals surface area contributed by atoms with E-state index in [1.165, 1.54) is 6.04 Å². The van der Waals surface area contributed by atoms with Crippen LogP contribution in [0.4, 0.5) is 0 Å². The van der Waals surface area contributed by atoms with Gasteiger partial charge in [0.1, 0.15) is 0 Å². The van der Waals surface area contributed by atoms with Gasteiger partial charge in [0.25, 0.3) is 0 Å². The fraction of sp³-hybridized carbons (Fsp3) is 1.00. The molecule has 0 saturated heterocycles. The van der Waals surface area contributed by atoms with Gasteiger partial charge in [-0.2, -0.15) is 0 Å². The van der Waals surface area contributed by atoms with Crippen molar-refractivity contribution < 1.29 is 0 Å². The maximum absolute atomic E-state index is 2.41. The van der Waals surface area contributed by atoms with E-state index in [2.05, 4.69) is 55.4 Å². The summed E-state index contributed by atoms with van der Waals surface area (Å²) in [6.45, 7) is 19.2. The van der Waals surface area contributed by atoms with Crippen molar-refractivity contribution in [3.05, 3.63) is 0 Å². The molecule has 0 aromatic rings. The number of hydrogen-bond donors (Lipinski definition) is 0. The minimum Gasteiger partial charge on any atom is -0.0630 e. The zero-order valence-electron chi connectivity index (χ0n) is 10.8. The highest BCUT2D eigenvalue weighted by Gasteiger charge is 2.36. The fourth-order valence-electron chi connectivity index (χ4n) is 2.15. The van der Waals surface area contributed by atoms with Gasteiger partial charge in [0.15, 0.2) is 0 Å². The molecule has 0 aliphatic rings. The van der Waals surface area contributed by atoms with Crippen molar-refractivity contribution >= 4 is 8.80 Å². The first-order valence-corrected chi connectivity index (χ1v) is 7.12. The summed E-state index contributed by atoms with van der Waals surface area (Å²) in [5.74, 6) is 0.854. The molecule has 0 N–H and O–H groups in total. The van der Waals surface area contributed by atoms with Gasteiger partial charge in [-0.25, -0.2) is 0 Å². The Labute approximate surface area is 86.7 Å². The lowest BCUT2D eigenvalue weighted by Crippen LogP contribution is -2.36. The van der Waals surface area contributed by atoms with Crippen LogP contribution in [0, 0.1) is 5.92 Å². The molecule has 0 aliphatic carbocycles. The smallest absolute Gasteiger partial charge is 0.0597 e. The minimum absolute atomic E-state index is 0.275. The molecule has 13 heavy (non-hydrogen) atoms. The molecule has 0 rings (SSSR count). The van der Waals surface area contributed by atoms with Crippen LogP contribution in [-0.4, -0.2) is 8.80 Å². The second kappa shape index (κ2) is 4.16. The summed E-state index contributed by atoms with van der Waals surface area (Å²) in [7, 11) is -0.275. The Morgan fingerprint density at radius 3 is 1.23 bits per heavy atom. The largest absolute Gasteiger partial charge is 0.0630 e. The van der Waals surface area contributed by atoms with Crippen LogP contribution in [0.5, 0.6) is 0 Å². The Hall–Kier alpha value is 0.217. The van der Waals surface area contributed by atoms with Crippen LogP contribution >= 0.6 is 0 Å². The first-order chi connectivity index (χ1) is 5.55. The van der Waals surface area contributed by atoms with E-state index in [9.17, 15) is 0 Å². The predicted molar refractivity (Wildman–Crippen MR) is 64.8 cm³/mol. The van der Waals surface area contributed by atoms with Gasteiger partial charge in [-0.15, -0.1) is 0 Å². The summed E-state index contributed by atoms with van der Waals surface area (Å²) in [6, 6.07) is 1.44. The van der Waals surface area contributed by atoms with Gasteiger partial charge in [-0.05, 0) is 16.0 Å². The highest BCUT2D eigenvalue weighted by atomic mass is 28.3. The number of rotatable bonds is 2. The van der Waals surface area contributed by atoms with Gasteiger partial charge in [0.2, 0.25) is 0 Å². The molecule has 79 valence electrons. The highest BCUT2D eigenvalue weighted by Crippen LogP contribution is 2.44. The molecule has 0 fully saturated rings. The molecule has 0 atom stereocenters. The molecule has 0 spiro atoms. The summed E-state index contributed by atoms with van der Waals surface area (Å²) < 4.78 is 0. The number of hydrogen-bond acceptors (Lipinski definition) is 0. The summed E-state index contributed by atoms with van der Waals surface area (Å²) in [5, 5.41) is 1.07. The summed E-state index contributed by atoms with van der Waals surface area (Å²) in [5.41, 5.74) is 0. The topological polar surface area (TPSA) is 0 Å². The van der Waals surface area contributed by atoms with Crippen LogP contribution in [0.2, 0.25) is 16.1 Å². The lowest BCUT2D eigenvalue weighted by molar-refractivity contribution is 0.604. The van der Waals surface area contributed by atoms with E-state index in [1.54, 1.807) is 0 Å². The van der Waals surface area contributed by atoms with Gasteiger partial charge in [0, 0.05) is 0 Å². The summed E-state index contributed by atoms with van der Waals surface area (Å²) >= 11 is 0. The first kappa shape index (κ1) is 13.2. The molecule has 1 radical (unpaired) electrons. The van der Waals surface area contributed by atoms with Crippen molar-refractivity contribution in [1.82, 2.24) is 0 Å². The second-order valence-corrected chi connectivity index (χ2v) is 10.9. The van der Waals surface area contributed by atoms with Crippen molar-refractivity contribution in [2.75, 3.05) is 0 Å². The zero-order valence-corrected chi connectivity index (χ0v) is 11.8. The molecule has 0 unspecified atom stereocenters. The monoisotopic (exact) mass is 199 g/mol. The van der Waals surface area contributed by atoms with Gasteiger partial charge >= 0.3 is 0 Å². The molecule has 1 heteroatoms. The van der Waals surface area contributed by atoms with Crippen molar-refractivity contribution in [2.24, 2.45) is 5.92 Å². The van der Waals surface area contributed by atoms with Gasteiger partial charge in [-0.1, -0.05) is 61.4 Å². The molecular weight excluding hydrogens is 172 g/mol. The second-order valence-electron chi connectivity index (χ2n) is 6.58. The average molecular weight is 199 g/mol. The van der Waals surface area contributed by atoms with Crippen molar-refractivity contribution in [3.63, 3.8) is 0 Å². The molecular formula is C12H27Si. The lowest BCUT2D eigenvalue weighted by atomic mass is 10.2. The van der Waals surface area contributed by atoms with Crippen LogP contribution in [0.3, 0.4) is 0 Å². The van der Waals surface area contributed by atoms with Gasteiger partial charge in [-0.3, -0.25) is 0 Å². The Morgan fingerprint density at radius 2 is 1.15 bits per heavy atom. The Bertz CT molecular complexity index is 131. The van der Waals surface area contributed by atoms with Crippen molar-refractivity contribution in [1.29, 1.82) is 0 Å². The zero-order chi connectivity index (χ0) is 10.9. The lowest BCUT2D eigenvalue weighted by Gasteiger charge is -2.40. The normalized spacial score (nSPS) is 14.3. The van der Waals surface area contributed by atoms with Crippen LogP contribution in [0.1, 0.15) is 55.4 Å². The van der Waals surface area contributed by atoms with E-state index in [0.717, 1.165) is 5.92 Å². The van der Waals surface area contributed by atoms with E-state index in [-0.39, 0.29) is 8.80 Å². The maximum Gasteiger partial charge on any atom is 0.0597 e. The molecule has 0 bridgehead atoms. The van der Waals surface area contributed by atoms with E-state index in [4.69, 9.17) is 0 Å². The average Bonchev–Trinajstić information content (AvgIpc) is 1.77. The maximum atomic E-state index is 2.41. The standard InChI is InChI=1S/C12H27Si/c1-10(2)9-13(11(3,4)5)12(6,7)8/h10H,9H2,1-8H3. The molecule has 0 heterocycles. The van der Waals surface area contributed by atoms with E-state index >= 15 is 0 Å². The van der Waals surface area contributed by atoms with Crippen LogP contribution in [0.25, 0.3) is 0 Å². The molecule has 0 saturated carbocycles. The Balaban J connectivity index is 4.58. The molecule has 0 aliphatic heterocycles. The third-order valence-corrected chi connectivity index (χ3v) is 7.27. The molecule has 0 aromatic carbocycles. The third-order valence-electron chi connectivity index (χ3n) is 2.42.